The number of nitrogens with one attached hydrogen (secondary N) is 1. The van der Waals surface area contributed by atoms with Gasteiger partial charge in [0.2, 0.25) is 11.9 Å². The van der Waals surface area contributed by atoms with Crippen molar-refractivity contribution in [1.82, 2.24) is 10.2 Å². The molecule has 1 saturated heterocycles. The van der Waals surface area contributed by atoms with Crippen molar-refractivity contribution in [1.29, 1.82) is 0 Å². The molecule has 1 aliphatic heterocycles. The van der Waals surface area contributed by atoms with Gasteiger partial charge >= 0.3 is 12.1 Å². The molecule has 1 fully saturated rings. The molecule has 0 spiro atoms. The molecule has 1 aromatic carbocycles. The van der Waals surface area contributed by atoms with Gasteiger partial charge in [0, 0.05) is 19.3 Å². The highest BCUT2D eigenvalue weighted by atomic mass is 16.6. The van der Waals surface area contributed by atoms with E-state index in [1.165, 1.54) is 12.0 Å². The van der Waals surface area contributed by atoms with Crippen LogP contribution in [-0.4, -0.2) is 60.8 Å². The maximum atomic E-state index is 13.6. The Morgan fingerprint density at radius 1 is 1.21 bits per heavy atom. The number of hydrogen-bond acceptors (Lipinski definition) is 6. The minimum absolute atomic E-state index is 0.138. The van der Waals surface area contributed by atoms with Crippen LogP contribution in [-0.2, 0) is 19.0 Å². The van der Waals surface area contributed by atoms with Gasteiger partial charge < -0.3 is 19.5 Å². The first-order valence-electron chi connectivity index (χ1n) is 11.6. The monoisotopic (exact) mass is 475 g/mol. The Kier molecular flexibility index (Phi) is 9.21. The smallest absolute Gasteiger partial charge is 0.437 e. The summed E-state index contributed by atoms with van der Waals surface area (Å²) in [5.74, 6) is -0.512. The second-order valence-corrected chi connectivity index (χ2v) is 9.38. The van der Waals surface area contributed by atoms with Crippen LogP contribution in [0.1, 0.15) is 82.3 Å². The van der Waals surface area contributed by atoms with Crippen molar-refractivity contribution >= 4 is 23.9 Å². The number of methoxy groups -OCH3 is 2. The summed E-state index contributed by atoms with van der Waals surface area (Å²) in [4.78, 5) is 44.0. The van der Waals surface area contributed by atoms with E-state index in [9.17, 15) is 14.4 Å². The minimum Gasteiger partial charge on any atom is -0.465 e. The lowest BCUT2D eigenvalue weighted by molar-refractivity contribution is -0.133. The van der Waals surface area contributed by atoms with Gasteiger partial charge in [-0.1, -0.05) is 26.0 Å². The number of ether oxygens (including phenoxy) is 3. The quantitative estimate of drug-likeness (QED) is 0.561. The molecule has 1 aromatic rings. The molecule has 0 radical (unpaired) electrons. The van der Waals surface area contributed by atoms with Gasteiger partial charge in [0.05, 0.1) is 25.1 Å². The molecule has 1 aliphatic rings. The van der Waals surface area contributed by atoms with E-state index >= 15 is 0 Å². The number of esters is 1. The molecule has 2 rings (SSSR count). The number of aliphatic imine (C=N–C) groups is 1. The van der Waals surface area contributed by atoms with E-state index in [0.717, 1.165) is 0 Å². The van der Waals surface area contributed by atoms with E-state index in [4.69, 9.17) is 14.2 Å². The van der Waals surface area contributed by atoms with Crippen LogP contribution < -0.4 is 5.32 Å². The fraction of sp³-hybridized carbons (Fsp3) is 0.600. The highest BCUT2D eigenvalue weighted by Crippen LogP contribution is 2.33. The zero-order valence-electron chi connectivity index (χ0n) is 21.3. The molecular formula is C25H37N3O6. The topological polar surface area (TPSA) is 107 Å². The molecule has 0 aromatic heterocycles. The summed E-state index contributed by atoms with van der Waals surface area (Å²) in [5, 5.41) is 3.36. The summed E-state index contributed by atoms with van der Waals surface area (Å²) in [6, 6.07) is 6.36. The average molecular weight is 476 g/mol. The third kappa shape index (κ3) is 6.79. The van der Waals surface area contributed by atoms with Gasteiger partial charge in [-0.2, -0.15) is 0 Å². The number of amides is 2. The van der Waals surface area contributed by atoms with Crippen molar-refractivity contribution in [2.75, 3.05) is 20.8 Å². The van der Waals surface area contributed by atoms with Crippen molar-refractivity contribution < 1.29 is 28.6 Å². The summed E-state index contributed by atoms with van der Waals surface area (Å²) in [6.45, 7) is 9.60. The lowest BCUT2D eigenvalue weighted by Gasteiger charge is -2.45. The lowest BCUT2D eigenvalue weighted by Crippen LogP contribution is -2.63. The van der Waals surface area contributed by atoms with Gasteiger partial charge in [0.1, 0.15) is 5.60 Å². The van der Waals surface area contributed by atoms with E-state index in [-0.39, 0.29) is 18.3 Å². The van der Waals surface area contributed by atoms with Gasteiger partial charge in [0.25, 0.3) is 0 Å². The first-order valence-corrected chi connectivity index (χ1v) is 11.6. The number of carbonyl (C=O) groups excluding carboxylic acids is 3. The maximum Gasteiger partial charge on any atom is 0.437 e. The Bertz CT molecular complexity index is 917. The van der Waals surface area contributed by atoms with Gasteiger partial charge in [-0.15, -0.1) is 4.99 Å². The molecular weight excluding hydrogens is 438 g/mol. The first-order chi connectivity index (χ1) is 16.0. The Labute approximate surface area is 201 Å². The van der Waals surface area contributed by atoms with Gasteiger partial charge in [-0.05, 0) is 57.7 Å². The minimum atomic E-state index is -0.787. The summed E-state index contributed by atoms with van der Waals surface area (Å²) < 4.78 is 15.6. The normalized spacial score (nSPS) is 17.8. The number of nitrogens with zero attached hydrogens (tertiary/aromatic N) is 2. The van der Waals surface area contributed by atoms with Gasteiger partial charge in [0.15, 0.2) is 0 Å². The van der Waals surface area contributed by atoms with Crippen LogP contribution in [0.2, 0.25) is 0 Å². The van der Waals surface area contributed by atoms with Crippen molar-refractivity contribution in [3.63, 3.8) is 0 Å². The fourth-order valence-corrected chi connectivity index (χ4v) is 3.95. The van der Waals surface area contributed by atoms with Crippen molar-refractivity contribution in [2.24, 2.45) is 4.99 Å². The van der Waals surface area contributed by atoms with Crippen LogP contribution in [0.25, 0.3) is 0 Å². The molecule has 188 valence electrons. The average Bonchev–Trinajstić information content (AvgIpc) is 2.78. The summed E-state index contributed by atoms with van der Waals surface area (Å²) in [7, 11) is 2.89. The van der Waals surface area contributed by atoms with Crippen LogP contribution in [0.4, 0.5) is 4.79 Å². The van der Waals surface area contributed by atoms with Crippen LogP contribution in [0, 0.1) is 0 Å². The third-order valence-electron chi connectivity index (χ3n) is 5.91. The predicted molar refractivity (Wildman–Crippen MR) is 129 cm³/mol. The highest BCUT2D eigenvalue weighted by molar-refractivity contribution is 6.04. The number of benzene rings is 1. The maximum absolute atomic E-state index is 13.6. The Hall–Kier alpha value is -2.94. The summed E-state index contributed by atoms with van der Waals surface area (Å²) in [5.41, 5.74) is -0.190. The molecule has 0 unspecified atom stereocenters. The second-order valence-electron chi connectivity index (χ2n) is 9.38. The van der Waals surface area contributed by atoms with Gasteiger partial charge in [-0.25, -0.2) is 9.59 Å². The van der Waals surface area contributed by atoms with Crippen LogP contribution >= 0.6 is 0 Å². The Morgan fingerprint density at radius 3 is 2.44 bits per heavy atom. The van der Waals surface area contributed by atoms with Gasteiger partial charge in [-0.3, -0.25) is 9.69 Å². The van der Waals surface area contributed by atoms with Crippen molar-refractivity contribution in [3.05, 3.63) is 35.4 Å². The molecule has 1 heterocycles. The number of carbonyl (C=O) groups is 3. The largest absolute Gasteiger partial charge is 0.465 e. The first kappa shape index (κ1) is 27.3. The van der Waals surface area contributed by atoms with E-state index in [1.54, 1.807) is 46.1 Å². The molecule has 2 amide bonds. The van der Waals surface area contributed by atoms with E-state index in [0.29, 0.717) is 37.0 Å². The zero-order valence-corrected chi connectivity index (χ0v) is 21.3. The van der Waals surface area contributed by atoms with E-state index in [2.05, 4.69) is 10.3 Å². The SMILES string of the molecule is CCC1(CC)CC(=O)N([C@H](CCOC)c2cccc(C(=O)OC)c2)/C(=N\C(=O)OC(C)(C)C)N1. The van der Waals surface area contributed by atoms with Crippen molar-refractivity contribution in [2.45, 2.75) is 77.5 Å². The van der Waals surface area contributed by atoms with Crippen LogP contribution in [0.5, 0.6) is 0 Å². The summed E-state index contributed by atoms with van der Waals surface area (Å²) in [6.07, 6.45) is 1.24. The van der Waals surface area contributed by atoms with E-state index in [1.807, 2.05) is 19.9 Å². The number of guanidine groups is 1. The molecule has 9 heteroatoms. The lowest BCUT2D eigenvalue weighted by atomic mass is 9.86. The molecule has 34 heavy (non-hydrogen) atoms. The second kappa shape index (κ2) is 11.5. The number of rotatable bonds is 8. The molecule has 1 N–H and O–H groups in total. The number of hydrogen-bond donors (Lipinski definition) is 1. The molecule has 0 aliphatic carbocycles. The van der Waals surface area contributed by atoms with Crippen LogP contribution in [0.15, 0.2) is 29.3 Å². The van der Waals surface area contributed by atoms with Crippen LogP contribution in [0.3, 0.4) is 0 Å². The van der Waals surface area contributed by atoms with E-state index < -0.39 is 29.2 Å². The van der Waals surface area contributed by atoms with Crippen molar-refractivity contribution in [3.8, 4) is 0 Å². The molecule has 0 saturated carbocycles. The Balaban J connectivity index is 2.59. The Morgan fingerprint density at radius 2 is 1.88 bits per heavy atom. The molecule has 9 nitrogen and oxygen atoms in total. The standard InChI is InChI=1S/C25H37N3O6/c1-8-25(9-2)16-20(29)28(22(27-25)26-23(31)34-24(3,4)5)19(13-14-32-6)17-11-10-12-18(15-17)21(30)33-7/h10-12,15,19H,8-9,13-14,16H2,1-7H3,(H,26,27,31)/t19-/m1/s1. The molecule has 0 bridgehead atoms. The fourth-order valence-electron chi connectivity index (χ4n) is 3.95. The highest BCUT2D eigenvalue weighted by Gasteiger charge is 2.43. The zero-order chi connectivity index (χ0) is 25.5. The molecule has 1 atom stereocenters. The summed E-state index contributed by atoms with van der Waals surface area (Å²) >= 11 is 0. The third-order valence-corrected chi connectivity index (χ3v) is 5.91. The predicted octanol–water partition coefficient (Wildman–Crippen LogP) is 4.22.